The maximum Gasteiger partial charge on any atom is 0.331 e. The first-order valence-electron chi connectivity index (χ1n) is 8.47. The molecule has 26 heavy (non-hydrogen) atoms. The molecule has 11 heteroatoms. The van der Waals surface area contributed by atoms with Gasteiger partial charge in [-0.1, -0.05) is 24.9 Å². The van der Waals surface area contributed by atoms with Crippen molar-refractivity contribution in [3.8, 4) is 0 Å². The zero-order valence-corrected chi connectivity index (χ0v) is 15.0. The summed E-state index contributed by atoms with van der Waals surface area (Å²) in [6.07, 6.45) is 1.50. The first-order valence-corrected chi connectivity index (χ1v) is 8.47. The number of ether oxygens (including phenoxy) is 1. The molecule has 1 rings (SSSR count). The average molecular weight is 373 g/mol. The largest absolute Gasteiger partial charge is 0.464 e. The van der Waals surface area contributed by atoms with Crippen LogP contribution in [0.1, 0.15) is 50.9 Å². The second kappa shape index (κ2) is 11.4. The predicted molar refractivity (Wildman–Crippen MR) is 89.6 cm³/mol. The molecule has 0 aliphatic heterocycles. The average Bonchev–Trinajstić information content (AvgIpc) is 3.09. The van der Waals surface area contributed by atoms with Crippen molar-refractivity contribution in [3.63, 3.8) is 0 Å². The van der Waals surface area contributed by atoms with E-state index in [9.17, 15) is 14.7 Å². The molecule has 0 saturated carbocycles. The summed E-state index contributed by atoms with van der Waals surface area (Å²) in [5, 5.41) is 26.9. The molecular weight excluding hydrogens is 346 g/mol. The molecule has 1 aromatic rings. The molecule has 0 aliphatic rings. The van der Waals surface area contributed by atoms with Crippen molar-refractivity contribution >= 4 is 12.0 Å². The fraction of sp³-hybridized carbons (Fsp3) is 0.733. The molecule has 0 fully saturated rings. The van der Waals surface area contributed by atoms with Crippen molar-refractivity contribution in [2.45, 2.75) is 57.8 Å². The number of nitrogens with one attached hydrogen (secondary N) is 2. The van der Waals surface area contributed by atoms with E-state index in [1.165, 1.54) is 6.92 Å². The summed E-state index contributed by atoms with van der Waals surface area (Å²) in [5.41, 5.74) is 5.54. The molecule has 6 N–H and O–H groups in total. The van der Waals surface area contributed by atoms with Gasteiger partial charge in [-0.2, -0.15) is 4.98 Å². The minimum absolute atomic E-state index is 0.0785. The van der Waals surface area contributed by atoms with Crippen LogP contribution in [-0.4, -0.2) is 57.7 Å². The Bertz CT molecular complexity index is 564. The summed E-state index contributed by atoms with van der Waals surface area (Å²) in [4.78, 5) is 27.8. The van der Waals surface area contributed by atoms with Gasteiger partial charge in [0.05, 0.1) is 31.9 Å². The summed E-state index contributed by atoms with van der Waals surface area (Å²) in [6, 6.07) is -2.69. The van der Waals surface area contributed by atoms with E-state index in [1.54, 1.807) is 0 Å². The van der Waals surface area contributed by atoms with Gasteiger partial charge in [-0.3, -0.25) is 0 Å². The number of urea groups is 1. The summed E-state index contributed by atoms with van der Waals surface area (Å²) in [6.45, 7) is 3.17. The lowest BCUT2D eigenvalue weighted by atomic mass is 10.2. The number of aliphatic hydroxyl groups excluding tert-OH is 2. The lowest BCUT2D eigenvalue weighted by molar-refractivity contribution is -0.148. The Morgan fingerprint density at radius 3 is 2.73 bits per heavy atom. The molecule has 2 amide bonds. The molecule has 0 aliphatic carbocycles. The van der Waals surface area contributed by atoms with Gasteiger partial charge in [-0.25, -0.2) is 9.59 Å². The fourth-order valence-corrected chi connectivity index (χ4v) is 1.91. The highest BCUT2D eigenvalue weighted by molar-refractivity contribution is 5.84. The van der Waals surface area contributed by atoms with Crippen LogP contribution in [0.4, 0.5) is 4.79 Å². The lowest BCUT2D eigenvalue weighted by Gasteiger charge is -2.20. The number of amides is 2. The van der Waals surface area contributed by atoms with Gasteiger partial charge in [-0.05, 0) is 13.3 Å². The van der Waals surface area contributed by atoms with E-state index in [0.29, 0.717) is 0 Å². The summed E-state index contributed by atoms with van der Waals surface area (Å²) >= 11 is 0. The van der Waals surface area contributed by atoms with Crippen molar-refractivity contribution in [2.75, 3.05) is 13.2 Å². The highest BCUT2D eigenvalue weighted by Gasteiger charge is 2.27. The minimum Gasteiger partial charge on any atom is -0.464 e. The van der Waals surface area contributed by atoms with Crippen LogP contribution in [0.25, 0.3) is 0 Å². The van der Waals surface area contributed by atoms with Crippen LogP contribution in [0.3, 0.4) is 0 Å². The number of hydrogen-bond donors (Lipinski definition) is 5. The smallest absolute Gasteiger partial charge is 0.331 e. The van der Waals surface area contributed by atoms with Crippen LogP contribution in [-0.2, 0) is 16.1 Å². The fourth-order valence-electron chi connectivity index (χ4n) is 1.91. The Kier molecular flexibility index (Phi) is 9.55. The van der Waals surface area contributed by atoms with Crippen LogP contribution in [0, 0.1) is 0 Å². The van der Waals surface area contributed by atoms with Crippen LogP contribution in [0.2, 0.25) is 0 Å². The van der Waals surface area contributed by atoms with Crippen molar-refractivity contribution in [3.05, 3.63) is 11.7 Å². The van der Waals surface area contributed by atoms with E-state index in [2.05, 4.69) is 20.8 Å². The third-order valence-corrected chi connectivity index (χ3v) is 3.43. The van der Waals surface area contributed by atoms with Gasteiger partial charge in [0.1, 0.15) is 0 Å². The van der Waals surface area contributed by atoms with Crippen LogP contribution < -0.4 is 16.4 Å². The monoisotopic (exact) mass is 373 g/mol. The van der Waals surface area contributed by atoms with E-state index >= 15 is 0 Å². The van der Waals surface area contributed by atoms with E-state index in [4.69, 9.17) is 20.1 Å². The van der Waals surface area contributed by atoms with Crippen LogP contribution in [0.5, 0.6) is 0 Å². The molecule has 0 bridgehead atoms. The minimum atomic E-state index is -1.20. The number of carbonyl (C=O) groups excluding carboxylic acids is 2. The van der Waals surface area contributed by atoms with Gasteiger partial charge < -0.3 is 35.8 Å². The molecule has 0 spiro atoms. The van der Waals surface area contributed by atoms with Crippen molar-refractivity contribution in [2.24, 2.45) is 5.73 Å². The third-order valence-electron chi connectivity index (χ3n) is 3.43. The number of hydrogen-bond acceptors (Lipinski definition) is 9. The zero-order valence-electron chi connectivity index (χ0n) is 15.0. The number of nitrogens with zero attached hydrogens (tertiary/aromatic N) is 2. The molecule has 1 heterocycles. The number of nitrogens with two attached hydrogens (primary N) is 1. The van der Waals surface area contributed by atoms with Crippen molar-refractivity contribution in [1.82, 2.24) is 20.8 Å². The van der Waals surface area contributed by atoms with Gasteiger partial charge in [0.25, 0.3) is 0 Å². The molecule has 0 aromatic carbocycles. The van der Waals surface area contributed by atoms with Crippen LogP contribution in [0.15, 0.2) is 4.52 Å². The second-order valence-corrected chi connectivity index (χ2v) is 5.76. The number of esters is 1. The molecule has 148 valence electrons. The lowest BCUT2D eigenvalue weighted by Crippen LogP contribution is -2.51. The van der Waals surface area contributed by atoms with E-state index in [-0.39, 0.29) is 31.5 Å². The second-order valence-electron chi connectivity index (χ2n) is 5.76. The normalized spacial score (nSPS) is 14.3. The van der Waals surface area contributed by atoms with Crippen molar-refractivity contribution in [1.29, 1.82) is 0 Å². The number of carbonyl (C=O) groups is 2. The number of aliphatic hydroxyl groups is 2. The quantitative estimate of drug-likeness (QED) is 0.249. The number of rotatable bonds is 11. The Hall–Kier alpha value is -2.24. The Morgan fingerprint density at radius 1 is 1.38 bits per heavy atom. The molecule has 1 aromatic heterocycles. The van der Waals surface area contributed by atoms with E-state index in [1.807, 2.05) is 6.92 Å². The standard InChI is InChI=1S/C15H27N5O6/c1-3-4-5-6-25-14(23)12(9(2)22)19-15(24)17-7-11-18-13(20-26-11)10(16)8-21/h9-10,12,21-22H,3-8,16H2,1-2H3,(H2,17,19,24). The van der Waals surface area contributed by atoms with Gasteiger partial charge in [0.15, 0.2) is 11.9 Å². The summed E-state index contributed by atoms with van der Waals surface area (Å²) in [5.74, 6) is -0.516. The maximum atomic E-state index is 12.0. The number of aromatic nitrogens is 2. The SMILES string of the molecule is CCCCCOC(=O)C(NC(=O)NCc1nc(C(N)CO)no1)C(C)O. The Balaban J connectivity index is 2.46. The van der Waals surface area contributed by atoms with Gasteiger partial charge in [-0.15, -0.1) is 0 Å². The number of unbranched alkanes of at least 4 members (excludes halogenated alkanes) is 2. The topological polar surface area (TPSA) is 173 Å². The molecule has 3 unspecified atom stereocenters. The molecule has 11 nitrogen and oxygen atoms in total. The maximum absolute atomic E-state index is 12.0. The zero-order chi connectivity index (χ0) is 19.5. The Morgan fingerprint density at radius 2 is 2.12 bits per heavy atom. The van der Waals surface area contributed by atoms with E-state index in [0.717, 1.165) is 19.3 Å². The first-order chi connectivity index (χ1) is 12.4. The third kappa shape index (κ3) is 7.33. The van der Waals surface area contributed by atoms with Gasteiger partial charge in [0, 0.05) is 0 Å². The molecule has 0 radical (unpaired) electrons. The summed E-state index contributed by atoms with van der Waals surface area (Å²) in [7, 11) is 0. The predicted octanol–water partition coefficient (Wildman–Crippen LogP) is -0.656. The highest BCUT2D eigenvalue weighted by atomic mass is 16.5. The molecule has 3 atom stereocenters. The highest BCUT2D eigenvalue weighted by Crippen LogP contribution is 2.05. The van der Waals surface area contributed by atoms with E-state index < -0.39 is 30.2 Å². The van der Waals surface area contributed by atoms with Gasteiger partial charge in [0.2, 0.25) is 5.89 Å². The molecular formula is C15H27N5O6. The Labute approximate surface area is 151 Å². The van der Waals surface area contributed by atoms with Crippen LogP contribution >= 0.6 is 0 Å². The first kappa shape index (κ1) is 21.8. The summed E-state index contributed by atoms with van der Waals surface area (Å²) < 4.78 is 9.93. The van der Waals surface area contributed by atoms with Gasteiger partial charge >= 0.3 is 12.0 Å². The molecule has 0 saturated heterocycles. The van der Waals surface area contributed by atoms with Crippen molar-refractivity contribution < 1.29 is 29.1 Å².